The van der Waals surface area contributed by atoms with Crippen LogP contribution in [0, 0.1) is 6.92 Å². The first-order valence-corrected chi connectivity index (χ1v) is 8.08. The number of nitrogens with one attached hydrogen (secondary N) is 1. The minimum absolute atomic E-state index is 0.0279. The zero-order chi connectivity index (χ0) is 18.7. The Labute approximate surface area is 154 Å². The number of aromatic nitrogens is 1. The quantitative estimate of drug-likeness (QED) is 0.691. The highest BCUT2D eigenvalue weighted by Crippen LogP contribution is 2.25. The fourth-order valence-corrected chi connectivity index (χ4v) is 2.46. The van der Waals surface area contributed by atoms with Crippen LogP contribution < -0.4 is 5.32 Å². The fraction of sp³-hybridized carbons (Fsp3) is 0.105. The van der Waals surface area contributed by atoms with Gasteiger partial charge in [0.1, 0.15) is 5.69 Å². The Morgan fingerprint density at radius 2 is 1.85 bits per heavy atom. The minimum Gasteiger partial charge on any atom is -0.465 e. The van der Waals surface area contributed by atoms with Crippen LogP contribution in [0.4, 0.5) is 5.69 Å². The van der Waals surface area contributed by atoms with E-state index in [2.05, 4.69) is 15.2 Å². The second kappa shape index (κ2) is 7.41. The number of aryl methyl sites for hydroxylation is 1. The molecule has 0 radical (unpaired) electrons. The van der Waals surface area contributed by atoms with Crippen LogP contribution in [0.2, 0.25) is 5.02 Å². The summed E-state index contributed by atoms with van der Waals surface area (Å²) in [4.78, 5) is 24.0. The summed E-state index contributed by atoms with van der Waals surface area (Å²) < 4.78 is 9.78. The number of carbonyl (C=O) groups is 2. The maximum absolute atomic E-state index is 12.4. The smallest absolute Gasteiger partial charge is 0.337 e. The van der Waals surface area contributed by atoms with Crippen molar-refractivity contribution >= 4 is 29.2 Å². The molecule has 3 rings (SSSR count). The lowest BCUT2D eigenvalue weighted by Gasteiger charge is -2.07. The van der Waals surface area contributed by atoms with E-state index >= 15 is 0 Å². The lowest BCUT2D eigenvalue weighted by atomic mass is 10.1. The number of ether oxygens (including phenoxy) is 1. The van der Waals surface area contributed by atoms with E-state index in [0.29, 0.717) is 5.69 Å². The summed E-state index contributed by atoms with van der Waals surface area (Å²) in [6.07, 6.45) is 0. The molecule has 0 aliphatic rings. The van der Waals surface area contributed by atoms with Crippen LogP contribution in [0.1, 0.15) is 26.5 Å². The number of hydrogen-bond donors (Lipinski definition) is 1. The average Bonchev–Trinajstić information content (AvgIpc) is 3.13. The number of benzene rings is 2. The Morgan fingerprint density at radius 1 is 1.12 bits per heavy atom. The van der Waals surface area contributed by atoms with Crippen molar-refractivity contribution in [3.63, 3.8) is 0 Å². The molecule has 0 aliphatic heterocycles. The molecule has 1 aromatic heterocycles. The topological polar surface area (TPSA) is 81.4 Å². The summed E-state index contributed by atoms with van der Waals surface area (Å²) in [6, 6.07) is 13.7. The first-order chi connectivity index (χ1) is 12.5. The molecule has 0 fully saturated rings. The number of halogens is 1. The molecule has 0 aliphatic carbocycles. The Hall–Kier alpha value is -3.12. The predicted molar refractivity (Wildman–Crippen MR) is 97.4 cm³/mol. The van der Waals surface area contributed by atoms with Gasteiger partial charge < -0.3 is 14.6 Å². The van der Waals surface area contributed by atoms with Crippen LogP contribution in [-0.4, -0.2) is 24.1 Å². The van der Waals surface area contributed by atoms with Crippen molar-refractivity contribution in [3.8, 4) is 11.3 Å². The van der Waals surface area contributed by atoms with Crippen molar-refractivity contribution in [2.75, 3.05) is 12.4 Å². The highest BCUT2D eigenvalue weighted by molar-refractivity contribution is 6.34. The first kappa shape index (κ1) is 17.7. The molecule has 1 N–H and O–H groups in total. The summed E-state index contributed by atoms with van der Waals surface area (Å²) in [7, 11) is 1.27. The Morgan fingerprint density at radius 3 is 2.54 bits per heavy atom. The number of nitrogens with zero attached hydrogens (tertiary/aromatic N) is 1. The molecule has 0 saturated carbocycles. The molecule has 6 nitrogen and oxygen atoms in total. The van der Waals surface area contributed by atoms with Gasteiger partial charge in [-0.25, -0.2) is 4.79 Å². The third-order valence-corrected chi connectivity index (χ3v) is 4.05. The van der Waals surface area contributed by atoms with Crippen LogP contribution in [0.5, 0.6) is 0 Å². The van der Waals surface area contributed by atoms with Gasteiger partial charge in [-0.05, 0) is 25.1 Å². The molecule has 1 heterocycles. The Balaban J connectivity index is 1.81. The largest absolute Gasteiger partial charge is 0.465 e. The molecule has 7 heteroatoms. The van der Waals surface area contributed by atoms with Crippen molar-refractivity contribution in [1.82, 2.24) is 5.16 Å². The normalized spacial score (nSPS) is 10.4. The van der Waals surface area contributed by atoms with Gasteiger partial charge in [0.05, 0.1) is 23.4 Å². The number of methoxy groups -OCH3 is 1. The van der Waals surface area contributed by atoms with Gasteiger partial charge in [0.25, 0.3) is 5.91 Å². The third-order valence-electron chi connectivity index (χ3n) is 3.72. The second-order valence-corrected chi connectivity index (χ2v) is 5.99. The van der Waals surface area contributed by atoms with Gasteiger partial charge >= 0.3 is 5.97 Å². The first-order valence-electron chi connectivity index (χ1n) is 7.71. The van der Waals surface area contributed by atoms with Crippen molar-refractivity contribution in [3.05, 3.63) is 70.4 Å². The molecule has 0 bridgehead atoms. The van der Waals surface area contributed by atoms with Crippen molar-refractivity contribution in [2.24, 2.45) is 0 Å². The SMILES string of the molecule is COC(=O)c1ccc(Cl)c(NC(=O)c2cc(-c3ccc(C)cc3)no2)c1. The van der Waals surface area contributed by atoms with Gasteiger partial charge in [-0.2, -0.15) is 0 Å². The molecule has 0 unspecified atom stereocenters. The molecule has 3 aromatic rings. The van der Waals surface area contributed by atoms with Crippen molar-refractivity contribution < 1.29 is 18.8 Å². The Kier molecular flexibility index (Phi) is 5.04. The van der Waals surface area contributed by atoms with Crippen molar-refractivity contribution in [1.29, 1.82) is 0 Å². The van der Waals surface area contributed by atoms with Crippen molar-refractivity contribution in [2.45, 2.75) is 6.92 Å². The number of esters is 1. The van der Waals surface area contributed by atoms with E-state index in [4.69, 9.17) is 16.1 Å². The standard InChI is InChI=1S/C19H15ClN2O4/c1-11-3-5-12(6-4-11)15-10-17(26-22-15)18(23)21-16-9-13(19(24)25-2)7-8-14(16)20/h3-10H,1-2H3,(H,21,23). The number of hydrogen-bond acceptors (Lipinski definition) is 5. The van der Waals surface area contributed by atoms with E-state index in [1.165, 1.54) is 31.4 Å². The second-order valence-electron chi connectivity index (χ2n) is 5.58. The zero-order valence-electron chi connectivity index (χ0n) is 14.1. The average molecular weight is 371 g/mol. The van der Waals surface area contributed by atoms with E-state index in [1.807, 2.05) is 31.2 Å². The zero-order valence-corrected chi connectivity index (χ0v) is 14.8. The van der Waals surface area contributed by atoms with Crippen LogP contribution in [0.3, 0.4) is 0 Å². The number of amides is 1. The summed E-state index contributed by atoms with van der Waals surface area (Å²) in [5, 5.41) is 6.81. The van der Waals surface area contributed by atoms with Gasteiger partial charge in [0.15, 0.2) is 0 Å². The lowest BCUT2D eigenvalue weighted by Crippen LogP contribution is -2.12. The summed E-state index contributed by atoms with van der Waals surface area (Å²) in [5.41, 5.74) is 3.04. The molecule has 26 heavy (non-hydrogen) atoms. The highest BCUT2D eigenvalue weighted by Gasteiger charge is 2.17. The molecule has 0 atom stereocenters. The van der Waals surface area contributed by atoms with Gasteiger partial charge in [0, 0.05) is 11.6 Å². The van der Waals surface area contributed by atoms with Crippen LogP contribution in [0.25, 0.3) is 11.3 Å². The van der Waals surface area contributed by atoms with Crippen LogP contribution >= 0.6 is 11.6 Å². The molecule has 1 amide bonds. The minimum atomic E-state index is -0.529. The maximum Gasteiger partial charge on any atom is 0.337 e. The van der Waals surface area contributed by atoms with Gasteiger partial charge in [-0.3, -0.25) is 4.79 Å². The molecule has 2 aromatic carbocycles. The number of anilines is 1. The lowest BCUT2D eigenvalue weighted by molar-refractivity contribution is 0.0600. The highest BCUT2D eigenvalue weighted by atomic mass is 35.5. The van der Waals surface area contributed by atoms with E-state index in [-0.39, 0.29) is 22.0 Å². The summed E-state index contributed by atoms with van der Waals surface area (Å²) >= 11 is 6.08. The fourth-order valence-electron chi connectivity index (χ4n) is 2.29. The van der Waals surface area contributed by atoms with E-state index in [9.17, 15) is 9.59 Å². The van der Waals surface area contributed by atoms with E-state index in [0.717, 1.165) is 11.1 Å². The molecular formula is C19H15ClN2O4. The number of rotatable bonds is 4. The Bertz CT molecular complexity index is 964. The predicted octanol–water partition coefficient (Wildman–Crippen LogP) is 4.34. The summed E-state index contributed by atoms with van der Waals surface area (Å²) in [5.74, 6) is -1.03. The maximum atomic E-state index is 12.4. The monoisotopic (exact) mass is 370 g/mol. The van der Waals surface area contributed by atoms with Gasteiger partial charge in [0.2, 0.25) is 5.76 Å². The molecule has 0 spiro atoms. The van der Waals surface area contributed by atoms with E-state index in [1.54, 1.807) is 0 Å². The molecular weight excluding hydrogens is 356 g/mol. The molecule has 0 saturated heterocycles. The molecule has 132 valence electrons. The van der Waals surface area contributed by atoms with Gasteiger partial charge in [-0.15, -0.1) is 0 Å². The van der Waals surface area contributed by atoms with Crippen LogP contribution in [0.15, 0.2) is 53.1 Å². The summed E-state index contributed by atoms with van der Waals surface area (Å²) in [6.45, 7) is 1.98. The van der Waals surface area contributed by atoms with Gasteiger partial charge in [-0.1, -0.05) is 46.6 Å². The van der Waals surface area contributed by atoms with Crippen LogP contribution in [-0.2, 0) is 4.74 Å². The van der Waals surface area contributed by atoms with E-state index < -0.39 is 11.9 Å². The number of carbonyl (C=O) groups excluding carboxylic acids is 2. The third kappa shape index (κ3) is 3.75.